The summed E-state index contributed by atoms with van der Waals surface area (Å²) in [4.78, 5) is 2.49. The third-order valence-corrected chi connectivity index (χ3v) is 13.5. The molecular formula is C60H47N. The third kappa shape index (κ3) is 5.91. The summed E-state index contributed by atoms with van der Waals surface area (Å²) in [7, 11) is 0. The molecule has 0 fully saturated rings. The lowest BCUT2D eigenvalue weighted by Gasteiger charge is -2.30. The molecule has 0 heterocycles. The fourth-order valence-corrected chi connectivity index (χ4v) is 10.4. The number of anilines is 3. The molecule has 1 heteroatoms. The molecule has 292 valence electrons. The van der Waals surface area contributed by atoms with Crippen LogP contribution in [0.5, 0.6) is 0 Å². The smallest absolute Gasteiger partial charge is 0.0540 e. The van der Waals surface area contributed by atoms with Gasteiger partial charge in [0.1, 0.15) is 0 Å². The van der Waals surface area contributed by atoms with Crippen molar-refractivity contribution in [3.63, 3.8) is 0 Å². The van der Waals surface area contributed by atoms with Gasteiger partial charge in [-0.1, -0.05) is 210 Å². The van der Waals surface area contributed by atoms with Gasteiger partial charge in [-0.3, -0.25) is 0 Å². The molecule has 0 atom stereocenters. The highest BCUT2D eigenvalue weighted by Gasteiger charge is 2.38. The first-order valence-corrected chi connectivity index (χ1v) is 21.5. The van der Waals surface area contributed by atoms with Crippen LogP contribution in [-0.4, -0.2) is 0 Å². The van der Waals surface area contributed by atoms with Crippen LogP contribution in [0, 0.1) is 0 Å². The number of rotatable bonds is 7. The fraction of sp³-hybridized carbons (Fsp3) is 0.100. The number of hydrogen-bond donors (Lipinski definition) is 0. The highest BCUT2D eigenvalue weighted by molar-refractivity contribution is 6.00. The summed E-state index contributed by atoms with van der Waals surface area (Å²) >= 11 is 0. The Morgan fingerprint density at radius 3 is 1.38 bits per heavy atom. The van der Waals surface area contributed by atoms with E-state index in [0.717, 1.165) is 17.1 Å². The minimum Gasteiger partial charge on any atom is -0.309 e. The van der Waals surface area contributed by atoms with Crippen molar-refractivity contribution >= 4 is 17.1 Å². The van der Waals surface area contributed by atoms with Gasteiger partial charge in [-0.2, -0.15) is 0 Å². The van der Waals surface area contributed by atoms with Gasteiger partial charge in [-0.25, -0.2) is 0 Å². The molecule has 0 spiro atoms. The van der Waals surface area contributed by atoms with Crippen molar-refractivity contribution in [2.45, 2.75) is 38.5 Å². The Bertz CT molecular complexity index is 3110. The highest BCUT2D eigenvalue weighted by atomic mass is 15.1. The SMILES string of the molecule is CC1(C)c2ccccc2-c2cc(-c3ccccc3N(c3ccc(-c4ccc(-c5ccccc5)cc4)cc3)c3ccccc3-c3cccc4c3-c3ccccc3C4(C)C)ccc21. The van der Waals surface area contributed by atoms with E-state index in [2.05, 4.69) is 245 Å². The topological polar surface area (TPSA) is 3.24 Å². The van der Waals surface area contributed by atoms with Gasteiger partial charge in [-0.15, -0.1) is 0 Å². The zero-order valence-electron chi connectivity index (χ0n) is 35.2. The van der Waals surface area contributed by atoms with E-state index in [1.807, 2.05) is 0 Å². The second kappa shape index (κ2) is 14.2. The van der Waals surface area contributed by atoms with Crippen LogP contribution >= 0.6 is 0 Å². The van der Waals surface area contributed by atoms with Crippen LogP contribution in [0.4, 0.5) is 17.1 Å². The zero-order valence-corrected chi connectivity index (χ0v) is 35.2. The lowest BCUT2D eigenvalue weighted by molar-refractivity contribution is 0.660. The first-order valence-electron chi connectivity index (χ1n) is 21.5. The second-order valence-corrected chi connectivity index (χ2v) is 17.7. The maximum atomic E-state index is 2.49. The Morgan fingerprint density at radius 2 is 0.705 bits per heavy atom. The molecule has 9 aromatic rings. The molecule has 0 saturated carbocycles. The van der Waals surface area contributed by atoms with E-state index in [0.29, 0.717) is 0 Å². The first kappa shape index (κ1) is 36.8. The summed E-state index contributed by atoms with van der Waals surface area (Å²) in [6.45, 7) is 9.43. The molecule has 0 saturated heterocycles. The molecule has 0 unspecified atom stereocenters. The molecule has 0 bridgehead atoms. The second-order valence-electron chi connectivity index (χ2n) is 17.7. The number of fused-ring (bicyclic) bond motifs is 6. The molecule has 2 aliphatic rings. The van der Waals surface area contributed by atoms with Crippen molar-refractivity contribution in [2.24, 2.45) is 0 Å². The fourth-order valence-electron chi connectivity index (χ4n) is 10.4. The molecular weight excluding hydrogens is 735 g/mol. The van der Waals surface area contributed by atoms with E-state index < -0.39 is 0 Å². The van der Waals surface area contributed by atoms with Gasteiger partial charge in [0.05, 0.1) is 11.4 Å². The van der Waals surface area contributed by atoms with Crippen molar-refractivity contribution < 1.29 is 0 Å². The average Bonchev–Trinajstić information content (AvgIpc) is 3.69. The van der Waals surface area contributed by atoms with E-state index in [-0.39, 0.29) is 10.8 Å². The van der Waals surface area contributed by atoms with E-state index in [9.17, 15) is 0 Å². The van der Waals surface area contributed by atoms with E-state index >= 15 is 0 Å². The standard InChI is InChI=1S/C60H47N/c1-59(2)52-24-12-8-20-47(52)51-39-44(35-38-54(51)59)46-19-10-14-27-56(46)61(45-36-33-43(34-37-45)42-31-29-41(30-32-42)40-17-6-5-7-18-40)57-28-15-11-21-48(57)49-23-16-26-55-58(49)50-22-9-13-25-53(50)60(55,3)4/h5-39H,1-4H3. The Labute approximate surface area is 360 Å². The van der Waals surface area contributed by atoms with Gasteiger partial charge in [0, 0.05) is 27.6 Å². The molecule has 61 heavy (non-hydrogen) atoms. The summed E-state index contributed by atoms with van der Waals surface area (Å²) in [6, 6.07) is 78.5. The lowest BCUT2D eigenvalue weighted by Crippen LogP contribution is -2.15. The van der Waals surface area contributed by atoms with Crippen LogP contribution in [-0.2, 0) is 10.8 Å². The van der Waals surface area contributed by atoms with E-state index in [4.69, 9.17) is 0 Å². The number of nitrogens with zero attached hydrogens (tertiary/aromatic N) is 1. The van der Waals surface area contributed by atoms with Gasteiger partial charge in [0.15, 0.2) is 0 Å². The summed E-state index contributed by atoms with van der Waals surface area (Å²) in [5.41, 5.74) is 23.7. The lowest BCUT2D eigenvalue weighted by atomic mass is 9.82. The zero-order chi connectivity index (χ0) is 41.3. The van der Waals surface area contributed by atoms with E-state index in [1.165, 1.54) is 89.0 Å². The monoisotopic (exact) mass is 781 g/mol. The van der Waals surface area contributed by atoms with Crippen LogP contribution in [0.15, 0.2) is 212 Å². The van der Waals surface area contributed by atoms with Crippen LogP contribution < -0.4 is 4.90 Å². The highest BCUT2D eigenvalue weighted by Crippen LogP contribution is 2.55. The van der Waals surface area contributed by atoms with Gasteiger partial charge < -0.3 is 4.90 Å². The predicted octanol–water partition coefficient (Wildman–Crippen LogP) is 16.4. The molecule has 0 N–H and O–H groups in total. The minimum atomic E-state index is -0.0982. The van der Waals surface area contributed by atoms with Gasteiger partial charge in [0.25, 0.3) is 0 Å². The van der Waals surface area contributed by atoms with Crippen LogP contribution in [0.2, 0.25) is 0 Å². The summed E-state index contributed by atoms with van der Waals surface area (Å²) < 4.78 is 0. The molecule has 11 rings (SSSR count). The third-order valence-electron chi connectivity index (χ3n) is 13.5. The number of para-hydroxylation sites is 2. The van der Waals surface area contributed by atoms with Crippen LogP contribution in [0.25, 0.3) is 66.8 Å². The molecule has 0 aliphatic heterocycles. The van der Waals surface area contributed by atoms with Gasteiger partial charge >= 0.3 is 0 Å². The normalized spacial score (nSPS) is 13.8. The minimum absolute atomic E-state index is 0.0539. The van der Waals surface area contributed by atoms with Crippen molar-refractivity contribution in [1.29, 1.82) is 0 Å². The van der Waals surface area contributed by atoms with Crippen LogP contribution in [0.1, 0.15) is 49.9 Å². The molecule has 0 radical (unpaired) electrons. The van der Waals surface area contributed by atoms with Crippen LogP contribution in [0.3, 0.4) is 0 Å². The Balaban J connectivity index is 1.09. The van der Waals surface area contributed by atoms with Crippen molar-refractivity contribution in [3.8, 4) is 66.8 Å². The summed E-state index contributed by atoms with van der Waals surface area (Å²) in [6.07, 6.45) is 0. The van der Waals surface area contributed by atoms with Crippen molar-refractivity contribution in [1.82, 2.24) is 0 Å². The van der Waals surface area contributed by atoms with Gasteiger partial charge in [0.2, 0.25) is 0 Å². The molecule has 2 aliphatic carbocycles. The van der Waals surface area contributed by atoms with Crippen molar-refractivity contribution in [3.05, 3.63) is 235 Å². The average molecular weight is 782 g/mol. The molecule has 0 aromatic heterocycles. The molecule has 9 aromatic carbocycles. The Kier molecular flexibility index (Phi) is 8.58. The Morgan fingerprint density at radius 1 is 0.279 bits per heavy atom. The number of hydrogen-bond acceptors (Lipinski definition) is 1. The number of benzene rings is 9. The maximum Gasteiger partial charge on any atom is 0.0540 e. The summed E-state index contributed by atoms with van der Waals surface area (Å²) in [5, 5.41) is 0. The van der Waals surface area contributed by atoms with E-state index in [1.54, 1.807) is 0 Å². The quantitative estimate of drug-likeness (QED) is 0.156. The maximum absolute atomic E-state index is 2.49. The first-order chi connectivity index (χ1) is 29.8. The Hall–Kier alpha value is -7.22. The molecule has 1 nitrogen and oxygen atoms in total. The predicted molar refractivity (Wildman–Crippen MR) is 258 cm³/mol. The van der Waals surface area contributed by atoms with Crippen molar-refractivity contribution in [2.75, 3.05) is 4.90 Å². The summed E-state index contributed by atoms with van der Waals surface area (Å²) in [5.74, 6) is 0. The van der Waals surface area contributed by atoms with Gasteiger partial charge in [-0.05, 0) is 108 Å². The molecule has 0 amide bonds. The largest absolute Gasteiger partial charge is 0.309 e.